The summed E-state index contributed by atoms with van der Waals surface area (Å²) in [5.74, 6) is 0.828. The molecule has 1 fully saturated rings. The van der Waals surface area contributed by atoms with Gasteiger partial charge in [0.05, 0.1) is 12.7 Å². The maximum Gasteiger partial charge on any atom is 0.122 e. The van der Waals surface area contributed by atoms with Crippen molar-refractivity contribution >= 4 is 0 Å². The highest BCUT2D eigenvalue weighted by Crippen LogP contribution is 2.16. The molecule has 0 aromatic heterocycles. The first-order chi connectivity index (χ1) is 10.1. The second-order valence-corrected chi connectivity index (χ2v) is 5.64. The van der Waals surface area contributed by atoms with Gasteiger partial charge in [0.25, 0.3) is 0 Å². The summed E-state index contributed by atoms with van der Waals surface area (Å²) < 4.78 is 11.3. The van der Waals surface area contributed by atoms with Crippen LogP contribution in [-0.2, 0) is 4.74 Å². The number of nitrogens with one attached hydrogen (secondary N) is 1. The summed E-state index contributed by atoms with van der Waals surface area (Å²) in [7, 11) is 2.10. The third kappa shape index (κ3) is 5.63. The predicted molar refractivity (Wildman–Crippen MR) is 82.8 cm³/mol. The molecule has 1 aliphatic heterocycles. The SMILES string of the molecule is Cc1ccccc1OCC(O)CNCC1CN(C)CCO1. The molecule has 1 saturated heterocycles. The van der Waals surface area contributed by atoms with Crippen LogP contribution in [0.2, 0.25) is 0 Å². The molecule has 0 amide bonds. The monoisotopic (exact) mass is 294 g/mol. The standard InChI is InChI=1S/C16H26N2O3/c1-13-5-3-4-6-16(13)21-12-14(19)9-17-10-15-11-18(2)7-8-20-15/h3-6,14-15,17,19H,7-12H2,1-2H3. The molecule has 1 aromatic carbocycles. The van der Waals surface area contributed by atoms with Crippen molar-refractivity contribution in [3.63, 3.8) is 0 Å². The minimum absolute atomic E-state index is 0.202. The molecular weight excluding hydrogens is 268 g/mol. The fourth-order valence-corrected chi connectivity index (χ4v) is 2.36. The summed E-state index contributed by atoms with van der Waals surface area (Å²) in [6.45, 7) is 6.26. The number of hydrogen-bond donors (Lipinski definition) is 2. The number of aryl methyl sites for hydroxylation is 1. The van der Waals surface area contributed by atoms with Crippen molar-refractivity contribution < 1.29 is 14.6 Å². The minimum atomic E-state index is -0.522. The van der Waals surface area contributed by atoms with Gasteiger partial charge in [-0.05, 0) is 25.6 Å². The molecule has 5 nitrogen and oxygen atoms in total. The number of aliphatic hydroxyl groups is 1. The maximum absolute atomic E-state index is 9.94. The summed E-state index contributed by atoms with van der Waals surface area (Å²) in [4.78, 5) is 2.26. The van der Waals surface area contributed by atoms with Gasteiger partial charge in [-0.3, -0.25) is 0 Å². The van der Waals surface area contributed by atoms with Crippen LogP contribution in [0.1, 0.15) is 5.56 Å². The molecule has 5 heteroatoms. The summed E-state index contributed by atoms with van der Waals surface area (Å²) in [5, 5.41) is 13.2. The Labute approximate surface area is 126 Å². The molecule has 2 N–H and O–H groups in total. The second-order valence-electron chi connectivity index (χ2n) is 5.64. The van der Waals surface area contributed by atoms with Crippen molar-refractivity contribution in [3.05, 3.63) is 29.8 Å². The molecule has 0 radical (unpaired) electrons. The van der Waals surface area contributed by atoms with Crippen LogP contribution >= 0.6 is 0 Å². The fourth-order valence-electron chi connectivity index (χ4n) is 2.36. The van der Waals surface area contributed by atoms with E-state index in [2.05, 4.69) is 17.3 Å². The number of aliphatic hydroxyl groups excluding tert-OH is 1. The minimum Gasteiger partial charge on any atom is -0.491 e. The molecule has 21 heavy (non-hydrogen) atoms. The van der Waals surface area contributed by atoms with Gasteiger partial charge in [0.1, 0.15) is 18.5 Å². The van der Waals surface area contributed by atoms with Gasteiger partial charge in [-0.1, -0.05) is 18.2 Å². The van der Waals surface area contributed by atoms with Gasteiger partial charge in [-0.2, -0.15) is 0 Å². The Balaban J connectivity index is 1.61. The third-order valence-corrected chi connectivity index (χ3v) is 3.62. The largest absolute Gasteiger partial charge is 0.491 e. The van der Waals surface area contributed by atoms with Gasteiger partial charge in [0.2, 0.25) is 0 Å². The quantitative estimate of drug-likeness (QED) is 0.773. The Morgan fingerprint density at radius 2 is 2.29 bits per heavy atom. The maximum atomic E-state index is 9.94. The molecular formula is C16H26N2O3. The average Bonchev–Trinajstić information content (AvgIpc) is 2.46. The first-order valence-corrected chi connectivity index (χ1v) is 7.52. The van der Waals surface area contributed by atoms with Crippen LogP contribution in [0, 0.1) is 6.92 Å². The van der Waals surface area contributed by atoms with Crippen molar-refractivity contribution in [2.75, 3.05) is 46.4 Å². The highest BCUT2D eigenvalue weighted by molar-refractivity contribution is 5.31. The molecule has 2 atom stereocenters. The van der Waals surface area contributed by atoms with Crippen molar-refractivity contribution in [3.8, 4) is 5.75 Å². The second kappa shape index (κ2) is 8.34. The molecule has 0 spiro atoms. The van der Waals surface area contributed by atoms with Gasteiger partial charge in [0, 0.05) is 26.2 Å². The van der Waals surface area contributed by atoms with E-state index >= 15 is 0 Å². The van der Waals surface area contributed by atoms with E-state index in [1.807, 2.05) is 31.2 Å². The zero-order chi connectivity index (χ0) is 15.1. The molecule has 0 saturated carbocycles. The lowest BCUT2D eigenvalue weighted by molar-refractivity contribution is -0.0196. The molecule has 1 aromatic rings. The molecule has 2 rings (SSSR count). The van der Waals surface area contributed by atoms with E-state index < -0.39 is 6.10 Å². The average molecular weight is 294 g/mol. The van der Waals surface area contributed by atoms with Crippen LogP contribution in [0.25, 0.3) is 0 Å². The van der Waals surface area contributed by atoms with Crippen molar-refractivity contribution in [2.45, 2.75) is 19.1 Å². The molecule has 0 aliphatic carbocycles. The first kappa shape index (κ1) is 16.2. The predicted octanol–water partition coefficient (Wildman–Crippen LogP) is 0.655. The Kier molecular flexibility index (Phi) is 6.45. The van der Waals surface area contributed by atoms with Crippen molar-refractivity contribution in [1.82, 2.24) is 10.2 Å². The number of nitrogens with zero attached hydrogens (tertiary/aromatic N) is 1. The van der Waals surface area contributed by atoms with Gasteiger partial charge >= 0.3 is 0 Å². The van der Waals surface area contributed by atoms with Crippen molar-refractivity contribution in [2.24, 2.45) is 0 Å². The van der Waals surface area contributed by atoms with Crippen LogP contribution in [-0.4, -0.2) is 68.7 Å². The summed E-state index contributed by atoms with van der Waals surface area (Å²) in [6.07, 6.45) is -0.320. The summed E-state index contributed by atoms with van der Waals surface area (Å²) in [6, 6.07) is 7.82. The number of para-hydroxylation sites is 1. The molecule has 0 bridgehead atoms. The van der Waals surface area contributed by atoms with E-state index in [1.165, 1.54) is 0 Å². The number of ether oxygens (including phenoxy) is 2. The van der Waals surface area contributed by atoms with E-state index in [-0.39, 0.29) is 6.10 Å². The molecule has 118 valence electrons. The smallest absolute Gasteiger partial charge is 0.122 e. The topological polar surface area (TPSA) is 54.0 Å². The van der Waals surface area contributed by atoms with Crippen LogP contribution in [0.5, 0.6) is 5.75 Å². The highest BCUT2D eigenvalue weighted by Gasteiger charge is 2.17. The lowest BCUT2D eigenvalue weighted by Gasteiger charge is -2.30. The molecule has 2 unspecified atom stereocenters. The number of hydrogen-bond acceptors (Lipinski definition) is 5. The first-order valence-electron chi connectivity index (χ1n) is 7.52. The summed E-state index contributed by atoms with van der Waals surface area (Å²) >= 11 is 0. The van der Waals surface area contributed by atoms with Gasteiger partial charge in [-0.25, -0.2) is 0 Å². The van der Waals surface area contributed by atoms with Crippen molar-refractivity contribution in [1.29, 1.82) is 0 Å². The molecule has 1 aliphatic rings. The van der Waals surface area contributed by atoms with E-state index in [1.54, 1.807) is 0 Å². The lowest BCUT2D eigenvalue weighted by atomic mass is 10.2. The van der Waals surface area contributed by atoms with E-state index in [9.17, 15) is 5.11 Å². The van der Waals surface area contributed by atoms with Gasteiger partial charge < -0.3 is 24.8 Å². The number of benzene rings is 1. The number of likely N-dealkylation sites (N-methyl/N-ethyl adjacent to an activating group) is 1. The van der Waals surface area contributed by atoms with Crippen LogP contribution in [0.3, 0.4) is 0 Å². The number of rotatable bonds is 7. The zero-order valence-corrected chi connectivity index (χ0v) is 12.9. The van der Waals surface area contributed by atoms with E-state index in [4.69, 9.17) is 9.47 Å². The highest BCUT2D eigenvalue weighted by atomic mass is 16.5. The Hall–Kier alpha value is -1.14. The third-order valence-electron chi connectivity index (χ3n) is 3.62. The number of morpholine rings is 1. The Morgan fingerprint density at radius 3 is 3.05 bits per heavy atom. The normalized spacial score (nSPS) is 21.2. The van der Waals surface area contributed by atoms with E-state index in [0.29, 0.717) is 13.2 Å². The Morgan fingerprint density at radius 1 is 1.48 bits per heavy atom. The summed E-state index contributed by atoms with van der Waals surface area (Å²) in [5.41, 5.74) is 1.08. The zero-order valence-electron chi connectivity index (χ0n) is 12.9. The van der Waals surface area contributed by atoms with Gasteiger partial charge in [0.15, 0.2) is 0 Å². The van der Waals surface area contributed by atoms with Crippen LogP contribution in [0.15, 0.2) is 24.3 Å². The Bertz CT molecular complexity index is 428. The molecule has 1 heterocycles. The van der Waals surface area contributed by atoms with Crippen LogP contribution in [0.4, 0.5) is 0 Å². The lowest BCUT2D eigenvalue weighted by Crippen LogP contribution is -2.46. The van der Waals surface area contributed by atoms with Gasteiger partial charge in [-0.15, -0.1) is 0 Å². The van der Waals surface area contributed by atoms with Crippen LogP contribution < -0.4 is 10.1 Å². The fraction of sp³-hybridized carbons (Fsp3) is 0.625. The van der Waals surface area contributed by atoms with E-state index in [0.717, 1.165) is 37.6 Å².